The number of ketones is 1. The normalized spacial score (nSPS) is 12.5. The molecule has 0 spiro atoms. The Morgan fingerprint density at radius 2 is 1.80 bits per heavy atom. The predicted molar refractivity (Wildman–Crippen MR) is 162 cm³/mol. The first-order valence-electron chi connectivity index (χ1n) is 13.4. The van der Waals surface area contributed by atoms with Crippen molar-refractivity contribution in [1.82, 2.24) is 4.90 Å². The first-order valence-corrected chi connectivity index (χ1v) is 13.4. The van der Waals surface area contributed by atoms with Crippen LogP contribution in [0.2, 0.25) is 0 Å². The SMILES string of the molecule is Br.CCN(C)c1cc(C(=O)CN2Cc3cc(OC)c(OC)c(F)c3C2=N)cc(C(C)(C)C)c1OCCCCC(=O)O. The molecule has 9 nitrogen and oxygen atoms in total. The maximum Gasteiger partial charge on any atom is 0.303 e. The molecule has 2 aromatic carbocycles. The van der Waals surface area contributed by atoms with E-state index < -0.39 is 11.8 Å². The summed E-state index contributed by atoms with van der Waals surface area (Å²) in [5, 5.41) is 17.5. The molecule has 0 saturated heterocycles. The number of hydrogen-bond donors (Lipinski definition) is 2. The summed E-state index contributed by atoms with van der Waals surface area (Å²) in [5.74, 6) is -0.957. The molecule has 0 aromatic heterocycles. The molecule has 2 aromatic rings. The van der Waals surface area contributed by atoms with Gasteiger partial charge >= 0.3 is 5.97 Å². The number of carbonyl (C=O) groups excluding carboxylic acids is 1. The van der Waals surface area contributed by atoms with Crippen molar-refractivity contribution in [2.45, 2.75) is 58.9 Å². The van der Waals surface area contributed by atoms with Gasteiger partial charge in [-0.15, -0.1) is 17.0 Å². The number of methoxy groups -OCH3 is 2. The number of hydrogen-bond acceptors (Lipinski definition) is 7. The number of aliphatic carboxylic acids is 1. The van der Waals surface area contributed by atoms with Crippen LogP contribution in [0.25, 0.3) is 0 Å². The molecular weight excluding hydrogens is 597 g/mol. The van der Waals surface area contributed by atoms with Crippen LogP contribution in [0, 0.1) is 11.2 Å². The number of nitrogens with one attached hydrogen (secondary N) is 1. The molecule has 2 N–H and O–H groups in total. The minimum atomic E-state index is -0.833. The topological polar surface area (TPSA) is 112 Å². The highest BCUT2D eigenvalue weighted by molar-refractivity contribution is 8.93. The summed E-state index contributed by atoms with van der Waals surface area (Å²) < 4.78 is 31.8. The molecule has 41 heavy (non-hydrogen) atoms. The second-order valence-electron chi connectivity index (χ2n) is 10.9. The number of anilines is 1. The first-order chi connectivity index (χ1) is 18.8. The van der Waals surface area contributed by atoms with Gasteiger partial charge in [-0.2, -0.15) is 0 Å². The van der Waals surface area contributed by atoms with E-state index in [2.05, 4.69) is 0 Å². The van der Waals surface area contributed by atoms with Crippen LogP contribution in [0.3, 0.4) is 0 Å². The maximum absolute atomic E-state index is 15.2. The Bertz CT molecular complexity index is 1290. The Morgan fingerprint density at radius 3 is 2.37 bits per heavy atom. The fraction of sp³-hybridized carbons (Fsp3) is 0.500. The van der Waals surface area contributed by atoms with Gasteiger partial charge < -0.3 is 29.1 Å². The van der Waals surface area contributed by atoms with Crippen LogP contribution in [0.1, 0.15) is 74.0 Å². The van der Waals surface area contributed by atoms with Gasteiger partial charge in [-0.25, -0.2) is 4.39 Å². The molecule has 226 valence electrons. The number of unbranched alkanes of at least 4 members (excludes halogenated alkanes) is 1. The van der Waals surface area contributed by atoms with Crippen molar-refractivity contribution in [1.29, 1.82) is 5.41 Å². The van der Waals surface area contributed by atoms with Gasteiger partial charge in [-0.05, 0) is 48.9 Å². The summed E-state index contributed by atoms with van der Waals surface area (Å²) in [6.07, 6.45) is 1.19. The summed E-state index contributed by atoms with van der Waals surface area (Å²) in [6, 6.07) is 5.28. The smallest absolute Gasteiger partial charge is 0.303 e. The van der Waals surface area contributed by atoms with Crippen LogP contribution in [0.4, 0.5) is 10.1 Å². The van der Waals surface area contributed by atoms with Gasteiger partial charge in [0.1, 0.15) is 11.6 Å². The number of carbonyl (C=O) groups is 2. The lowest BCUT2D eigenvalue weighted by molar-refractivity contribution is -0.137. The number of nitrogens with zero attached hydrogens (tertiary/aromatic N) is 2. The van der Waals surface area contributed by atoms with Crippen LogP contribution in [0.15, 0.2) is 18.2 Å². The minimum absolute atomic E-state index is 0. The Hall–Kier alpha value is -3.34. The third-order valence-corrected chi connectivity index (χ3v) is 7.06. The lowest BCUT2D eigenvalue weighted by Crippen LogP contribution is -2.31. The van der Waals surface area contributed by atoms with E-state index in [0.29, 0.717) is 42.9 Å². The molecule has 11 heteroatoms. The van der Waals surface area contributed by atoms with E-state index in [9.17, 15) is 9.59 Å². The van der Waals surface area contributed by atoms with E-state index in [4.69, 9.17) is 24.7 Å². The van der Waals surface area contributed by atoms with Gasteiger partial charge in [0.05, 0.1) is 38.6 Å². The fourth-order valence-corrected chi connectivity index (χ4v) is 4.71. The van der Waals surface area contributed by atoms with E-state index in [1.165, 1.54) is 14.2 Å². The Balaban J connectivity index is 0.00000588. The van der Waals surface area contributed by atoms with Gasteiger partial charge in [0.15, 0.2) is 23.1 Å². The average molecular weight is 639 g/mol. The summed E-state index contributed by atoms with van der Waals surface area (Å²) in [6.45, 7) is 9.25. The van der Waals surface area contributed by atoms with E-state index in [1.54, 1.807) is 17.0 Å². The molecule has 3 rings (SSSR count). The molecule has 0 aliphatic carbocycles. The molecule has 1 aliphatic heterocycles. The van der Waals surface area contributed by atoms with Crippen molar-refractivity contribution >= 4 is 40.3 Å². The number of amidine groups is 1. The van der Waals surface area contributed by atoms with Crippen molar-refractivity contribution in [2.75, 3.05) is 45.9 Å². The Morgan fingerprint density at radius 1 is 1.12 bits per heavy atom. The van der Waals surface area contributed by atoms with Crippen LogP contribution in [-0.4, -0.2) is 68.6 Å². The third kappa shape index (κ3) is 7.49. The fourth-order valence-electron chi connectivity index (χ4n) is 4.71. The van der Waals surface area contributed by atoms with Gasteiger partial charge in [0.2, 0.25) is 0 Å². The molecule has 0 saturated carbocycles. The molecule has 1 heterocycles. The summed E-state index contributed by atoms with van der Waals surface area (Å²) >= 11 is 0. The minimum Gasteiger partial charge on any atom is -0.493 e. The molecule has 0 amide bonds. The molecule has 0 radical (unpaired) electrons. The van der Waals surface area contributed by atoms with E-state index in [0.717, 1.165) is 11.3 Å². The van der Waals surface area contributed by atoms with E-state index in [1.807, 2.05) is 45.7 Å². The van der Waals surface area contributed by atoms with Crippen LogP contribution in [0.5, 0.6) is 17.2 Å². The molecule has 0 atom stereocenters. The maximum atomic E-state index is 15.2. The number of Topliss-reactive ketones (excluding diaryl/α,β-unsaturated/α-hetero) is 1. The molecule has 0 fully saturated rings. The first kappa shape index (κ1) is 33.9. The van der Waals surface area contributed by atoms with Gasteiger partial charge in [0, 0.05) is 37.7 Å². The lowest BCUT2D eigenvalue weighted by Gasteiger charge is -2.29. The number of rotatable bonds is 13. The van der Waals surface area contributed by atoms with Crippen molar-refractivity contribution in [3.8, 4) is 17.2 Å². The van der Waals surface area contributed by atoms with Crippen LogP contribution in [-0.2, 0) is 16.8 Å². The zero-order chi connectivity index (χ0) is 29.8. The van der Waals surface area contributed by atoms with E-state index in [-0.39, 0.29) is 70.6 Å². The highest BCUT2D eigenvalue weighted by Gasteiger charge is 2.33. The van der Waals surface area contributed by atoms with Crippen LogP contribution < -0.4 is 19.1 Å². The second-order valence-corrected chi connectivity index (χ2v) is 10.9. The zero-order valence-corrected chi connectivity index (χ0v) is 26.6. The standard InChI is InChI=1S/C30H40FN3O6.BrH/c1-8-33(5)21-14-18(13-20(30(2,3)4)27(21)40-12-10-9-11-24(36)37)22(35)17-34-16-19-15-23(38-6)28(39-7)26(31)25(19)29(34)32;/h13-15,32H,8-12,16-17H2,1-7H3,(H,36,37);1H. The zero-order valence-electron chi connectivity index (χ0n) is 24.9. The third-order valence-electron chi connectivity index (χ3n) is 7.06. The summed E-state index contributed by atoms with van der Waals surface area (Å²) in [5.41, 5.74) is 2.39. The summed E-state index contributed by atoms with van der Waals surface area (Å²) in [4.78, 5) is 28.1. The van der Waals surface area contributed by atoms with Crippen molar-refractivity contribution in [3.63, 3.8) is 0 Å². The number of benzene rings is 2. The van der Waals surface area contributed by atoms with Crippen LogP contribution >= 0.6 is 17.0 Å². The van der Waals surface area contributed by atoms with Gasteiger partial charge in [-0.1, -0.05) is 20.8 Å². The van der Waals surface area contributed by atoms with Gasteiger partial charge in [-0.3, -0.25) is 15.0 Å². The van der Waals surface area contributed by atoms with Gasteiger partial charge in [0.25, 0.3) is 0 Å². The molecule has 0 bridgehead atoms. The van der Waals surface area contributed by atoms with Crippen molar-refractivity contribution in [3.05, 3.63) is 46.3 Å². The largest absolute Gasteiger partial charge is 0.493 e. The number of ether oxygens (including phenoxy) is 3. The molecule has 0 unspecified atom stereocenters. The highest BCUT2D eigenvalue weighted by Crippen LogP contribution is 2.41. The average Bonchev–Trinajstić information content (AvgIpc) is 3.21. The number of carboxylic acid groups (broad SMARTS) is 1. The monoisotopic (exact) mass is 637 g/mol. The second kappa shape index (κ2) is 14.0. The van der Waals surface area contributed by atoms with Crippen molar-refractivity contribution < 1.29 is 33.3 Å². The number of fused-ring (bicyclic) bond motifs is 1. The number of carboxylic acids is 1. The quantitative estimate of drug-likeness (QED) is 0.208. The van der Waals surface area contributed by atoms with Crippen molar-refractivity contribution in [2.24, 2.45) is 0 Å². The van der Waals surface area contributed by atoms with E-state index >= 15 is 4.39 Å². The summed E-state index contributed by atoms with van der Waals surface area (Å²) in [7, 11) is 4.68. The molecular formula is C30H41BrFN3O6. The number of halogens is 2. The lowest BCUT2D eigenvalue weighted by atomic mass is 9.84. The highest BCUT2D eigenvalue weighted by atomic mass is 79.9. The Kier molecular flexibility index (Phi) is 11.6. The molecule has 1 aliphatic rings. The Labute approximate surface area is 251 Å². The predicted octanol–water partition coefficient (Wildman–Crippen LogP) is 5.83.